The van der Waals surface area contributed by atoms with Gasteiger partial charge in [0.05, 0.1) is 5.52 Å². The summed E-state index contributed by atoms with van der Waals surface area (Å²) in [7, 11) is 0. The van der Waals surface area contributed by atoms with Crippen molar-refractivity contribution in [3.63, 3.8) is 0 Å². The third kappa shape index (κ3) is 4.82. The SMILES string of the molecule is C=CCCC(CN1CCN(C(C)=O)CC1)Oc1ccc2ccccc2n1. The highest BCUT2D eigenvalue weighted by Crippen LogP contribution is 2.19. The van der Waals surface area contributed by atoms with Crippen molar-refractivity contribution >= 4 is 16.8 Å². The minimum absolute atomic E-state index is 0.0607. The van der Waals surface area contributed by atoms with Crippen LogP contribution in [0.5, 0.6) is 5.88 Å². The Morgan fingerprint density at radius 1 is 1.23 bits per heavy atom. The molecule has 3 rings (SSSR count). The maximum absolute atomic E-state index is 11.5. The predicted octanol–water partition coefficient (Wildman–Crippen LogP) is 3.11. The van der Waals surface area contributed by atoms with Crippen LogP contribution in [0, 0.1) is 0 Å². The van der Waals surface area contributed by atoms with Gasteiger partial charge in [0, 0.05) is 51.1 Å². The van der Waals surface area contributed by atoms with Crippen molar-refractivity contribution < 1.29 is 9.53 Å². The molecule has 2 heterocycles. The zero-order valence-corrected chi connectivity index (χ0v) is 15.4. The smallest absolute Gasteiger partial charge is 0.219 e. The molecular weight excluding hydrogens is 326 g/mol. The summed E-state index contributed by atoms with van der Waals surface area (Å²) >= 11 is 0. The topological polar surface area (TPSA) is 45.7 Å². The number of fused-ring (bicyclic) bond motifs is 1. The molecule has 0 aliphatic carbocycles. The molecule has 1 aliphatic heterocycles. The number of hydrogen-bond donors (Lipinski definition) is 0. The zero-order chi connectivity index (χ0) is 18.4. The standard InChI is InChI=1S/C21H27N3O2/c1-3-4-8-19(16-23-12-14-24(15-13-23)17(2)25)26-21-11-10-18-7-5-6-9-20(18)22-21/h3,5-7,9-11,19H,1,4,8,12-16H2,2H3. The molecule has 1 aliphatic rings. The average Bonchev–Trinajstić information content (AvgIpc) is 2.66. The fourth-order valence-corrected chi connectivity index (χ4v) is 3.31. The summed E-state index contributed by atoms with van der Waals surface area (Å²) < 4.78 is 6.22. The van der Waals surface area contributed by atoms with Gasteiger partial charge in [-0.25, -0.2) is 4.98 Å². The van der Waals surface area contributed by atoms with E-state index in [1.807, 2.05) is 41.3 Å². The second kappa shape index (κ2) is 8.81. The lowest BCUT2D eigenvalue weighted by Gasteiger charge is -2.35. The molecule has 0 N–H and O–H groups in total. The van der Waals surface area contributed by atoms with E-state index in [0.29, 0.717) is 5.88 Å². The van der Waals surface area contributed by atoms with E-state index in [4.69, 9.17) is 4.74 Å². The number of allylic oxidation sites excluding steroid dienone is 1. The van der Waals surface area contributed by atoms with Gasteiger partial charge in [0.2, 0.25) is 11.8 Å². The lowest BCUT2D eigenvalue weighted by Crippen LogP contribution is -2.50. The van der Waals surface area contributed by atoms with Gasteiger partial charge in [0.1, 0.15) is 6.10 Å². The number of rotatable bonds is 7. The van der Waals surface area contributed by atoms with Gasteiger partial charge in [-0.15, -0.1) is 6.58 Å². The Labute approximate surface area is 155 Å². The van der Waals surface area contributed by atoms with Crippen LogP contribution >= 0.6 is 0 Å². The highest BCUT2D eigenvalue weighted by atomic mass is 16.5. The van der Waals surface area contributed by atoms with E-state index < -0.39 is 0 Å². The molecule has 0 saturated carbocycles. The second-order valence-corrected chi connectivity index (χ2v) is 6.75. The molecule has 1 fully saturated rings. The zero-order valence-electron chi connectivity index (χ0n) is 15.4. The molecule has 0 spiro atoms. The fourth-order valence-electron chi connectivity index (χ4n) is 3.31. The van der Waals surface area contributed by atoms with Crippen LogP contribution in [-0.2, 0) is 4.79 Å². The Morgan fingerprint density at radius 2 is 2.00 bits per heavy atom. The molecule has 2 aromatic rings. The maximum Gasteiger partial charge on any atom is 0.219 e. The molecular formula is C21H27N3O2. The first kappa shape index (κ1) is 18.4. The molecule has 1 aromatic carbocycles. The summed E-state index contributed by atoms with van der Waals surface area (Å²) in [6.07, 6.45) is 3.81. The number of hydrogen-bond acceptors (Lipinski definition) is 4. The van der Waals surface area contributed by atoms with Crippen molar-refractivity contribution in [2.75, 3.05) is 32.7 Å². The second-order valence-electron chi connectivity index (χ2n) is 6.75. The van der Waals surface area contributed by atoms with Crippen molar-refractivity contribution in [2.45, 2.75) is 25.9 Å². The van der Waals surface area contributed by atoms with Gasteiger partial charge in [0.25, 0.3) is 0 Å². The number of pyridine rings is 1. The third-order valence-corrected chi connectivity index (χ3v) is 4.83. The lowest BCUT2D eigenvalue weighted by atomic mass is 10.1. The highest BCUT2D eigenvalue weighted by Gasteiger charge is 2.22. The van der Waals surface area contributed by atoms with Gasteiger partial charge in [-0.2, -0.15) is 0 Å². The Bertz CT molecular complexity index is 754. The number of nitrogens with zero attached hydrogens (tertiary/aromatic N) is 3. The van der Waals surface area contributed by atoms with Crippen LogP contribution in [0.25, 0.3) is 10.9 Å². The van der Waals surface area contributed by atoms with Crippen LogP contribution in [0.2, 0.25) is 0 Å². The van der Waals surface area contributed by atoms with E-state index in [1.54, 1.807) is 6.92 Å². The number of para-hydroxylation sites is 1. The highest BCUT2D eigenvalue weighted by molar-refractivity contribution is 5.78. The van der Waals surface area contributed by atoms with Crippen LogP contribution in [-0.4, -0.2) is 59.5 Å². The minimum atomic E-state index is 0.0607. The van der Waals surface area contributed by atoms with E-state index in [0.717, 1.165) is 56.5 Å². The number of carbonyl (C=O) groups excluding carboxylic acids is 1. The Kier molecular flexibility index (Phi) is 6.23. The fraction of sp³-hybridized carbons (Fsp3) is 0.429. The van der Waals surface area contributed by atoms with Gasteiger partial charge in [-0.05, 0) is 25.0 Å². The first-order valence-electron chi connectivity index (χ1n) is 9.27. The van der Waals surface area contributed by atoms with Crippen molar-refractivity contribution in [2.24, 2.45) is 0 Å². The maximum atomic E-state index is 11.5. The van der Waals surface area contributed by atoms with E-state index in [9.17, 15) is 4.79 Å². The summed E-state index contributed by atoms with van der Waals surface area (Å²) in [6, 6.07) is 12.0. The molecule has 5 nitrogen and oxygen atoms in total. The Balaban J connectivity index is 1.63. The summed E-state index contributed by atoms with van der Waals surface area (Å²) in [5.74, 6) is 0.824. The van der Waals surface area contributed by atoms with E-state index in [2.05, 4.69) is 22.5 Å². The molecule has 5 heteroatoms. The molecule has 1 atom stereocenters. The third-order valence-electron chi connectivity index (χ3n) is 4.83. The first-order valence-corrected chi connectivity index (χ1v) is 9.27. The number of piperazine rings is 1. The minimum Gasteiger partial charge on any atom is -0.473 e. The number of aromatic nitrogens is 1. The lowest BCUT2D eigenvalue weighted by molar-refractivity contribution is -0.130. The Morgan fingerprint density at radius 3 is 2.73 bits per heavy atom. The van der Waals surface area contributed by atoms with Gasteiger partial charge in [-0.3, -0.25) is 9.69 Å². The van der Waals surface area contributed by atoms with Gasteiger partial charge < -0.3 is 9.64 Å². The van der Waals surface area contributed by atoms with Gasteiger partial charge in [0.15, 0.2) is 0 Å². The number of amides is 1. The largest absolute Gasteiger partial charge is 0.473 e. The molecule has 26 heavy (non-hydrogen) atoms. The normalized spacial score (nSPS) is 16.4. The van der Waals surface area contributed by atoms with E-state index >= 15 is 0 Å². The van der Waals surface area contributed by atoms with Gasteiger partial charge in [-0.1, -0.05) is 24.3 Å². The number of carbonyl (C=O) groups is 1. The summed E-state index contributed by atoms with van der Waals surface area (Å²) in [6.45, 7) is 9.66. The predicted molar refractivity (Wildman–Crippen MR) is 104 cm³/mol. The van der Waals surface area contributed by atoms with Crippen molar-refractivity contribution in [1.82, 2.24) is 14.8 Å². The molecule has 1 aromatic heterocycles. The van der Waals surface area contributed by atoms with E-state index in [1.165, 1.54) is 0 Å². The number of ether oxygens (including phenoxy) is 1. The quantitative estimate of drug-likeness (QED) is 0.718. The average molecular weight is 353 g/mol. The van der Waals surface area contributed by atoms with Crippen LogP contribution in [0.4, 0.5) is 0 Å². The van der Waals surface area contributed by atoms with Crippen molar-refractivity contribution in [3.8, 4) is 5.88 Å². The van der Waals surface area contributed by atoms with Crippen LogP contribution in [0.15, 0.2) is 49.1 Å². The van der Waals surface area contributed by atoms with E-state index in [-0.39, 0.29) is 12.0 Å². The molecule has 1 amide bonds. The number of benzene rings is 1. The molecule has 138 valence electrons. The molecule has 1 saturated heterocycles. The summed E-state index contributed by atoms with van der Waals surface area (Å²) in [4.78, 5) is 20.4. The van der Waals surface area contributed by atoms with Crippen molar-refractivity contribution in [1.29, 1.82) is 0 Å². The van der Waals surface area contributed by atoms with Crippen LogP contribution in [0.3, 0.4) is 0 Å². The van der Waals surface area contributed by atoms with Crippen molar-refractivity contribution in [3.05, 3.63) is 49.1 Å². The molecule has 0 bridgehead atoms. The van der Waals surface area contributed by atoms with Crippen LogP contribution < -0.4 is 4.74 Å². The van der Waals surface area contributed by atoms with Gasteiger partial charge >= 0.3 is 0 Å². The molecule has 0 radical (unpaired) electrons. The molecule has 1 unspecified atom stereocenters. The summed E-state index contributed by atoms with van der Waals surface area (Å²) in [5.41, 5.74) is 0.947. The van der Waals surface area contributed by atoms with Crippen LogP contribution in [0.1, 0.15) is 19.8 Å². The monoisotopic (exact) mass is 353 g/mol. The Hall–Kier alpha value is -2.40. The summed E-state index contributed by atoms with van der Waals surface area (Å²) in [5, 5.41) is 1.11. The first-order chi connectivity index (χ1) is 12.7.